The maximum atomic E-state index is 15.4. The summed E-state index contributed by atoms with van der Waals surface area (Å²) in [6.07, 6.45) is 1.81. The van der Waals surface area contributed by atoms with Crippen LogP contribution in [0.3, 0.4) is 0 Å². The lowest BCUT2D eigenvalue weighted by molar-refractivity contribution is 0.0942. The van der Waals surface area contributed by atoms with E-state index < -0.39 is 11.7 Å². The number of aromatic nitrogens is 3. The lowest BCUT2D eigenvalue weighted by Crippen LogP contribution is -2.36. The zero-order chi connectivity index (χ0) is 25.7. The van der Waals surface area contributed by atoms with Crippen molar-refractivity contribution in [2.45, 2.75) is 38.6 Å². The summed E-state index contributed by atoms with van der Waals surface area (Å²) in [5.41, 5.74) is 3.15. The van der Waals surface area contributed by atoms with Gasteiger partial charge in [-0.05, 0) is 42.5 Å². The Labute approximate surface area is 212 Å². The number of nitrogens with one attached hydrogen (secondary N) is 2. The van der Waals surface area contributed by atoms with E-state index in [1.165, 1.54) is 6.07 Å². The Kier molecular flexibility index (Phi) is 5.83. The third-order valence-corrected chi connectivity index (χ3v) is 6.91. The van der Waals surface area contributed by atoms with E-state index in [0.29, 0.717) is 54.2 Å². The molecule has 0 bridgehead atoms. The van der Waals surface area contributed by atoms with Crippen molar-refractivity contribution in [1.29, 1.82) is 0 Å². The van der Waals surface area contributed by atoms with Crippen molar-refractivity contribution in [2.24, 2.45) is 0 Å². The second-order valence-corrected chi connectivity index (χ2v) is 9.93. The molecule has 1 aliphatic carbocycles. The van der Waals surface area contributed by atoms with Gasteiger partial charge in [0.15, 0.2) is 11.5 Å². The number of carbonyl (C=O) groups is 1. The summed E-state index contributed by atoms with van der Waals surface area (Å²) in [6.45, 7) is 6.33. The van der Waals surface area contributed by atoms with Crippen molar-refractivity contribution in [3.63, 3.8) is 0 Å². The highest BCUT2D eigenvalue weighted by molar-refractivity contribution is 6.03. The Bertz CT molecular complexity index is 1480. The predicted octanol–water partition coefficient (Wildman–Crippen LogP) is 4.58. The third kappa shape index (κ3) is 4.31. The van der Waals surface area contributed by atoms with Crippen molar-refractivity contribution in [3.8, 4) is 28.2 Å². The van der Waals surface area contributed by atoms with Gasteiger partial charge in [0.25, 0.3) is 5.91 Å². The van der Waals surface area contributed by atoms with E-state index in [2.05, 4.69) is 20.7 Å². The zero-order valence-corrected chi connectivity index (χ0v) is 20.7. The number of morpholine rings is 1. The van der Waals surface area contributed by atoms with Gasteiger partial charge in [0, 0.05) is 30.6 Å². The van der Waals surface area contributed by atoms with Crippen LogP contribution in [0.5, 0.6) is 5.75 Å². The molecule has 37 heavy (non-hydrogen) atoms. The largest absolute Gasteiger partial charge is 0.507 e. The van der Waals surface area contributed by atoms with Gasteiger partial charge >= 0.3 is 0 Å². The third-order valence-electron chi connectivity index (χ3n) is 6.91. The van der Waals surface area contributed by atoms with Gasteiger partial charge in [0.05, 0.1) is 41.2 Å². The monoisotopic (exact) mass is 505 g/mol. The first-order valence-electron chi connectivity index (χ1n) is 12.5. The molecule has 3 heterocycles. The molecule has 2 fully saturated rings. The second kappa shape index (κ2) is 9.19. The number of H-pyrrole nitrogens is 1. The number of phenols is 1. The van der Waals surface area contributed by atoms with Gasteiger partial charge in [0.2, 0.25) is 0 Å². The van der Waals surface area contributed by atoms with Gasteiger partial charge in [-0.15, -0.1) is 0 Å². The van der Waals surface area contributed by atoms with E-state index in [1.54, 1.807) is 24.3 Å². The molecular formula is C27H28FN5O4. The van der Waals surface area contributed by atoms with Crippen molar-refractivity contribution >= 4 is 22.5 Å². The number of ether oxygens (including phenoxy) is 1. The predicted molar refractivity (Wildman–Crippen MR) is 136 cm³/mol. The minimum absolute atomic E-state index is 0.0520. The van der Waals surface area contributed by atoms with E-state index in [9.17, 15) is 9.90 Å². The normalized spacial score (nSPS) is 16.1. The summed E-state index contributed by atoms with van der Waals surface area (Å²) in [6, 6.07) is 8.29. The van der Waals surface area contributed by atoms with Crippen LogP contribution in [0.1, 0.15) is 48.8 Å². The van der Waals surface area contributed by atoms with Crippen molar-refractivity contribution in [2.75, 3.05) is 31.2 Å². The molecule has 3 N–H and O–H groups in total. The number of halogens is 1. The molecule has 1 saturated carbocycles. The molecule has 0 atom stereocenters. The Morgan fingerprint density at radius 3 is 2.70 bits per heavy atom. The van der Waals surface area contributed by atoms with E-state index in [-0.39, 0.29) is 29.2 Å². The summed E-state index contributed by atoms with van der Waals surface area (Å²) in [4.78, 5) is 15.0. The first kappa shape index (κ1) is 23.5. The Balaban J connectivity index is 1.49. The van der Waals surface area contributed by atoms with Gasteiger partial charge < -0.3 is 24.6 Å². The summed E-state index contributed by atoms with van der Waals surface area (Å²) >= 11 is 0. The van der Waals surface area contributed by atoms with E-state index >= 15 is 4.39 Å². The number of phenolic OH excluding ortho intramolecular Hbond substituents is 1. The molecule has 0 unspecified atom stereocenters. The fourth-order valence-corrected chi connectivity index (χ4v) is 4.80. The highest BCUT2D eigenvalue weighted by Crippen LogP contribution is 2.42. The Morgan fingerprint density at radius 1 is 1.22 bits per heavy atom. The first-order valence-corrected chi connectivity index (χ1v) is 12.5. The molecular weight excluding hydrogens is 477 g/mol. The average Bonchev–Trinajstić information content (AvgIpc) is 3.43. The fourth-order valence-electron chi connectivity index (χ4n) is 4.80. The van der Waals surface area contributed by atoms with Crippen LogP contribution in [-0.4, -0.2) is 58.7 Å². The number of amides is 1. The van der Waals surface area contributed by atoms with Crippen LogP contribution in [0.4, 0.5) is 10.1 Å². The number of benzene rings is 2. The van der Waals surface area contributed by atoms with E-state index in [1.807, 2.05) is 18.7 Å². The maximum Gasteiger partial charge on any atom is 0.274 e. The molecule has 6 rings (SSSR count). The minimum Gasteiger partial charge on any atom is -0.507 e. The molecule has 2 aromatic carbocycles. The number of hydrogen-bond acceptors (Lipinski definition) is 7. The first-order chi connectivity index (χ1) is 17.9. The van der Waals surface area contributed by atoms with E-state index in [0.717, 1.165) is 23.9 Å². The summed E-state index contributed by atoms with van der Waals surface area (Å²) in [5.74, 6) is -0.547. The van der Waals surface area contributed by atoms with Gasteiger partial charge in [-0.25, -0.2) is 4.39 Å². The van der Waals surface area contributed by atoms with Gasteiger partial charge in [-0.3, -0.25) is 9.89 Å². The highest BCUT2D eigenvalue weighted by Gasteiger charge is 2.31. The minimum atomic E-state index is -0.420. The van der Waals surface area contributed by atoms with Crippen LogP contribution < -0.4 is 10.2 Å². The van der Waals surface area contributed by atoms with Crippen molar-refractivity contribution in [3.05, 3.63) is 47.5 Å². The quantitative estimate of drug-likeness (QED) is 0.351. The number of aromatic amines is 1. The van der Waals surface area contributed by atoms with Gasteiger partial charge in [-0.1, -0.05) is 25.1 Å². The molecule has 192 valence electrons. The zero-order valence-electron chi connectivity index (χ0n) is 20.7. The lowest BCUT2D eigenvalue weighted by atomic mass is 9.96. The molecule has 2 aromatic heterocycles. The summed E-state index contributed by atoms with van der Waals surface area (Å²) < 4.78 is 26.5. The number of hydrogen-bond donors (Lipinski definition) is 3. The SMILES string of the molecule is CC(C)c1n[nH]c2cc(O)c(-c3onc(C(=O)NC4CC4)c3-c3ccc(N4CCOCC4)c(F)c3)cc12. The second-order valence-electron chi connectivity index (χ2n) is 9.93. The molecule has 0 spiro atoms. The van der Waals surface area contributed by atoms with Crippen LogP contribution >= 0.6 is 0 Å². The number of carbonyl (C=O) groups excluding carboxylic acids is 1. The topological polar surface area (TPSA) is 117 Å². The molecule has 9 nitrogen and oxygen atoms in total. The fraction of sp³-hybridized carbons (Fsp3) is 0.370. The molecule has 1 aliphatic heterocycles. The number of fused-ring (bicyclic) bond motifs is 1. The smallest absolute Gasteiger partial charge is 0.274 e. The Hall–Kier alpha value is -3.92. The van der Waals surface area contributed by atoms with Gasteiger partial charge in [0.1, 0.15) is 11.6 Å². The number of nitrogens with zero attached hydrogens (tertiary/aromatic N) is 3. The Morgan fingerprint density at radius 2 is 2.00 bits per heavy atom. The number of anilines is 1. The summed E-state index contributed by atoms with van der Waals surface area (Å²) in [5, 5.41) is 26.1. The van der Waals surface area contributed by atoms with Crippen LogP contribution in [0.25, 0.3) is 33.4 Å². The van der Waals surface area contributed by atoms with Crippen molar-refractivity contribution < 1.29 is 23.6 Å². The van der Waals surface area contributed by atoms with Crippen LogP contribution in [0.15, 0.2) is 34.9 Å². The highest BCUT2D eigenvalue weighted by atomic mass is 19.1. The average molecular weight is 506 g/mol. The molecule has 2 aliphatic rings. The molecule has 1 saturated heterocycles. The van der Waals surface area contributed by atoms with Crippen LogP contribution in [0, 0.1) is 5.82 Å². The molecule has 1 amide bonds. The number of rotatable bonds is 6. The van der Waals surface area contributed by atoms with E-state index in [4.69, 9.17) is 9.26 Å². The van der Waals surface area contributed by atoms with Gasteiger partial charge in [-0.2, -0.15) is 5.10 Å². The van der Waals surface area contributed by atoms with Crippen LogP contribution in [0.2, 0.25) is 0 Å². The standard InChI is InChI=1S/C27H28FN5O4/c1-14(2)24-17-12-18(22(34)13-20(17)30-31-24)26-23(25(32-37-26)27(35)29-16-4-5-16)15-3-6-21(19(28)11-15)33-7-9-36-10-8-33/h3,6,11-14,16,34H,4-5,7-10H2,1-2H3,(H,29,35)(H,30,31). The molecule has 10 heteroatoms. The van der Waals surface area contributed by atoms with Crippen LogP contribution in [-0.2, 0) is 4.74 Å². The molecule has 4 aromatic rings. The number of aromatic hydroxyl groups is 1. The molecule has 0 radical (unpaired) electrons. The maximum absolute atomic E-state index is 15.4. The van der Waals surface area contributed by atoms with Crippen molar-refractivity contribution in [1.82, 2.24) is 20.7 Å². The summed E-state index contributed by atoms with van der Waals surface area (Å²) in [7, 11) is 0. The lowest BCUT2D eigenvalue weighted by Gasteiger charge is -2.29.